The van der Waals surface area contributed by atoms with Crippen LogP contribution in [-0.2, 0) is 7.05 Å². The maximum absolute atomic E-state index is 13.5. The summed E-state index contributed by atoms with van der Waals surface area (Å²) in [5.74, 6) is -1.92. The van der Waals surface area contributed by atoms with Gasteiger partial charge in [0.1, 0.15) is 0 Å². The van der Waals surface area contributed by atoms with Crippen LogP contribution in [0.25, 0.3) is 0 Å². The van der Waals surface area contributed by atoms with Crippen molar-refractivity contribution < 1.29 is 13.5 Å². The number of nitrogens with zero attached hydrogens (tertiary/aromatic N) is 2. The summed E-state index contributed by atoms with van der Waals surface area (Å²) in [6, 6.07) is 3.58. The van der Waals surface area contributed by atoms with Crippen LogP contribution in [0.3, 0.4) is 0 Å². The lowest BCUT2D eigenvalue weighted by molar-refractivity contribution is 0.377. The highest BCUT2D eigenvalue weighted by Crippen LogP contribution is 2.29. The molecule has 2 aromatic rings. The molecule has 2 rings (SSSR count). The van der Waals surface area contributed by atoms with E-state index in [1.807, 2.05) is 0 Å². The number of hydrogen-bond acceptors (Lipinski definition) is 3. The predicted molar refractivity (Wildman–Crippen MR) is 58.8 cm³/mol. The lowest BCUT2D eigenvalue weighted by Gasteiger charge is -2.08. The molecule has 0 amide bonds. The number of aryl methyl sites for hydroxylation is 2. The van der Waals surface area contributed by atoms with Crippen molar-refractivity contribution in [1.29, 1.82) is 0 Å². The van der Waals surface area contributed by atoms with Crippen molar-refractivity contribution in [2.24, 2.45) is 7.05 Å². The minimum atomic E-state index is -0.846. The molecule has 6 heteroatoms. The topological polar surface area (TPSA) is 53.1 Å². The second kappa shape index (κ2) is 4.04. The molecule has 2 N–H and O–H groups in total. The number of rotatable bonds is 2. The van der Waals surface area contributed by atoms with Crippen molar-refractivity contribution >= 4 is 5.69 Å². The van der Waals surface area contributed by atoms with Crippen LogP contribution in [0.1, 0.15) is 5.69 Å². The Morgan fingerprint density at radius 2 is 1.82 bits per heavy atom. The maximum atomic E-state index is 13.5. The molecule has 1 aromatic heterocycles. The van der Waals surface area contributed by atoms with Crippen molar-refractivity contribution in [3.8, 4) is 11.6 Å². The Bertz CT molecular complexity index is 543. The van der Waals surface area contributed by atoms with Gasteiger partial charge in [-0.2, -0.15) is 5.10 Å². The molecule has 0 aliphatic rings. The van der Waals surface area contributed by atoms with Gasteiger partial charge in [-0.3, -0.25) is 0 Å². The molecule has 0 aliphatic heterocycles. The minimum Gasteiger partial charge on any atom is -0.433 e. The van der Waals surface area contributed by atoms with Crippen LogP contribution in [0.15, 0.2) is 18.2 Å². The summed E-state index contributed by atoms with van der Waals surface area (Å²) in [5.41, 5.74) is 6.00. The molecule has 0 unspecified atom stereocenters. The largest absolute Gasteiger partial charge is 0.433 e. The zero-order chi connectivity index (χ0) is 12.6. The highest BCUT2D eigenvalue weighted by atomic mass is 19.1. The van der Waals surface area contributed by atoms with E-state index in [-0.39, 0.29) is 11.6 Å². The van der Waals surface area contributed by atoms with Gasteiger partial charge >= 0.3 is 0 Å². The fourth-order valence-corrected chi connectivity index (χ4v) is 1.46. The molecule has 4 nitrogen and oxygen atoms in total. The van der Waals surface area contributed by atoms with E-state index in [1.165, 1.54) is 4.68 Å². The summed E-state index contributed by atoms with van der Waals surface area (Å²) in [4.78, 5) is 0. The molecule has 17 heavy (non-hydrogen) atoms. The van der Waals surface area contributed by atoms with Gasteiger partial charge in [0.05, 0.1) is 5.69 Å². The highest BCUT2D eigenvalue weighted by molar-refractivity contribution is 5.45. The van der Waals surface area contributed by atoms with E-state index in [2.05, 4.69) is 5.10 Å². The first-order valence-corrected chi connectivity index (χ1v) is 4.90. The Morgan fingerprint density at radius 3 is 2.29 bits per heavy atom. The zero-order valence-electron chi connectivity index (χ0n) is 9.37. The molecule has 0 saturated carbocycles. The first-order valence-electron chi connectivity index (χ1n) is 4.90. The van der Waals surface area contributed by atoms with Crippen molar-refractivity contribution in [2.75, 3.05) is 5.73 Å². The van der Waals surface area contributed by atoms with Gasteiger partial charge in [0.15, 0.2) is 11.6 Å². The van der Waals surface area contributed by atoms with Crippen LogP contribution in [0, 0.1) is 18.6 Å². The summed E-state index contributed by atoms with van der Waals surface area (Å²) < 4.78 is 33.5. The number of benzene rings is 1. The number of aromatic nitrogens is 2. The van der Waals surface area contributed by atoms with Gasteiger partial charge in [0.2, 0.25) is 11.6 Å². The van der Waals surface area contributed by atoms with Crippen LogP contribution in [0.5, 0.6) is 11.6 Å². The molecule has 0 saturated heterocycles. The van der Waals surface area contributed by atoms with Crippen molar-refractivity contribution in [3.05, 3.63) is 35.5 Å². The van der Waals surface area contributed by atoms with Crippen LogP contribution in [0.2, 0.25) is 0 Å². The molecule has 0 aliphatic carbocycles. The predicted octanol–water partition coefficient (Wildman–Crippen LogP) is 2.38. The van der Waals surface area contributed by atoms with Crippen molar-refractivity contribution in [2.45, 2.75) is 6.92 Å². The van der Waals surface area contributed by atoms with E-state index in [4.69, 9.17) is 10.5 Å². The van der Waals surface area contributed by atoms with Gasteiger partial charge in [0.25, 0.3) is 0 Å². The second-order valence-electron chi connectivity index (χ2n) is 3.66. The first kappa shape index (κ1) is 11.4. The molecular weight excluding hydrogens is 228 g/mol. The number of halogens is 2. The average molecular weight is 239 g/mol. The summed E-state index contributed by atoms with van der Waals surface area (Å²) >= 11 is 0. The molecule has 0 radical (unpaired) electrons. The van der Waals surface area contributed by atoms with Gasteiger partial charge in [-0.25, -0.2) is 13.5 Å². The number of ether oxygens (including phenoxy) is 1. The van der Waals surface area contributed by atoms with E-state index >= 15 is 0 Å². The zero-order valence-corrected chi connectivity index (χ0v) is 9.37. The van der Waals surface area contributed by atoms with E-state index in [9.17, 15) is 8.78 Å². The molecule has 0 bridgehead atoms. The van der Waals surface area contributed by atoms with Gasteiger partial charge in [0, 0.05) is 30.9 Å². The average Bonchev–Trinajstić information content (AvgIpc) is 2.51. The molecule has 1 aromatic carbocycles. The molecule has 90 valence electrons. The molecule has 0 spiro atoms. The Hall–Kier alpha value is -2.11. The Kier molecular flexibility index (Phi) is 2.71. The van der Waals surface area contributed by atoms with E-state index < -0.39 is 17.4 Å². The number of nitrogen functional groups attached to an aromatic ring is 1. The third-order valence-corrected chi connectivity index (χ3v) is 2.19. The standard InChI is InChI=1S/C11H11F2N3O/c1-6-3-10(16(2)15-6)17-11-8(12)4-7(14)5-9(11)13/h3-5H,14H2,1-2H3. The van der Waals surface area contributed by atoms with E-state index in [0.717, 1.165) is 12.1 Å². The quantitative estimate of drug-likeness (QED) is 0.818. The summed E-state index contributed by atoms with van der Waals surface area (Å²) in [6.07, 6.45) is 0. The fraction of sp³-hybridized carbons (Fsp3) is 0.182. The van der Waals surface area contributed by atoms with E-state index in [0.29, 0.717) is 5.69 Å². The normalized spacial score (nSPS) is 10.6. The number of hydrogen-bond donors (Lipinski definition) is 1. The van der Waals surface area contributed by atoms with Crippen LogP contribution >= 0.6 is 0 Å². The molecular formula is C11H11F2N3O. The van der Waals surface area contributed by atoms with Crippen molar-refractivity contribution in [3.63, 3.8) is 0 Å². The molecule has 1 heterocycles. The highest BCUT2D eigenvalue weighted by Gasteiger charge is 2.14. The van der Waals surface area contributed by atoms with Gasteiger partial charge in [-0.05, 0) is 6.92 Å². The lowest BCUT2D eigenvalue weighted by Crippen LogP contribution is -1.99. The summed E-state index contributed by atoms with van der Waals surface area (Å²) in [5, 5.41) is 4.01. The Labute approximate surface area is 96.6 Å². The number of nitrogens with two attached hydrogens (primary N) is 1. The van der Waals surface area contributed by atoms with Crippen LogP contribution in [0.4, 0.5) is 14.5 Å². The maximum Gasteiger partial charge on any atom is 0.218 e. The monoisotopic (exact) mass is 239 g/mol. The molecule has 0 atom stereocenters. The van der Waals surface area contributed by atoms with E-state index in [1.54, 1.807) is 20.0 Å². The third kappa shape index (κ3) is 2.20. The van der Waals surface area contributed by atoms with Gasteiger partial charge in [-0.1, -0.05) is 0 Å². The minimum absolute atomic E-state index is 0.00790. The Morgan fingerprint density at radius 1 is 1.24 bits per heavy atom. The summed E-state index contributed by atoms with van der Waals surface area (Å²) in [6.45, 7) is 1.75. The molecule has 0 fully saturated rings. The van der Waals surface area contributed by atoms with Crippen LogP contribution < -0.4 is 10.5 Å². The first-order chi connectivity index (χ1) is 7.97. The summed E-state index contributed by atoms with van der Waals surface area (Å²) in [7, 11) is 1.62. The smallest absolute Gasteiger partial charge is 0.218 e. The fourth-order valence-electron chi connectivity index (χ4n) is 1.46. The third-order valence-electron chi connectivity index (χ3n) is 2.19. The van der Waals surface area contributed by atoms with Gasteiger partial charge < -0.3 is 10.5 Å². The Balaban J connectivity index is 2.39. The second-order valence-corrected chi connectivity index (χ2v) is 3.66. The SMILES string of the molecule is Cc1cc(Oc2c(F)cc(N)cc2F)n(C)n1. The number of anilines is 1. The van der Waals surface area contributed by atoms with Gasteiger partial charge in [-0.15, -0.1) is 0 Å². The van der Waals surface area contributed by atoms with Crippen molar-refractivity contribution in [1.82, 2.24) is 9.78 Å². The van der Waals surface area contributed by atoms with Crippen LogP contribution in [-0.4, -0.2) is 9.78 Å². The lowest BCUT2D eigenvalue weighted by atomic mass is 10.3.